The Hall–Kier alpha value is -0.860. The van der Waals surface area contributed by atoms with Crippen molar-refractivity contribution in [2.45, 2.75) is 77.0 Å². The fourth-order valence-electron chi connectivity index (χ4n) is 2.40. The summed E-state index contributed by atoms with van der Waals surface area (Å²) in [6.07, 6.45) is 12.3. The average Bonchev–Trinajstić information content (AvgIpc) is 2.35. The Morgan fingerprint density at radius 1 is 0.611 bits per heavy atom. The zero-order valence-electron chi connectivity index (χ0n) is 11.5. The molecule has 1 fully saturated rings. The van der Waals surface area contributed by atoms with Crippen LogP contribution in [-0.2, 0) is 9.59 Å². The molecule has 0 spiro atoms. The van der Waals surface area contributed by atoms with E-state index in [1.165, 1.54) is 38.5 Å². The van der Waals surface area contributed by atoms with Crippen LogP contribution in [0.5, 0.6) is 0 Å². The van der Waals surface area contributed by atoms with Crippen molar-refractivity contribution in [1.29, 1.82) is 0 Å². The van der Waals surface area contributed by atoms with E-state index in [0.29, 0.717) is 25.2 Å². The molecule has 0 bridgehead atoms. The SMILES string of the molecule is O=C1CCCCCCCCCCC(=O)NCCC1. The van der Waals surface area contributed by atoms with E-state index in [-0.39, 0.29) is 5.91 Å². The maximum absolute atomic E-state index is 11.5. The van der Waals surface area contributed by atoms with Gasteiger partial charge in [0.2, 0.25) is 5.91 Å². The van der Waals surface area contributed by atoms with Crippen LogP contribution in [0.3, 0.4) is 0 Å². The third kappa shape index (κ3) is 8.26. The number of Topliss-reactive ketones (excluding diaryl/α,β-unsaturated/α-hetero) is 1. The normalized spacial score (nSPS) is 22.4. The van der Waals surface area contributed by atoms with E-state index in [1.54, 1.807) is 0 Å². The van der Waals surface area contributed by atoms with Gasteiger partial charge in [-0.15, -0.1) is 0 Å². The van der Waals surface area contributed by atoms with Crippen molar-refractivity contribution in [3.05, 3.63) is 0 Å². The van der Waals surface area contributed by atoms with E-state index < -0.39 is 0 Å². The summed E-state index contributed by atoms with van der Waals surface area (Å²) in [6.45, 7) is 0.657. The Morgan fingerprint density at radius 2 is 1.11 bits per heavy atom. The van der Waals surface area contributed by atoms with E-state index in [1.807, 2.05) is 0 Å². The number of ketones is 1. The van der Waals surface area contributed by atoms with Gasteiger partial charge < -0.3 is 5.32 Å². The zero-order chi connectivity index (χ0) is 13.1. The Morgan fingerprint density at radius 3 is 1.78 bits per heavy atom. The first-order chi connectivity index (χ1) is 8.79. The highest BCUT2D eigenvalue weighted by Crippen LogP contribution is 2.11. The van der Waals surface area contributed by atoms with E-state index in [2.05, 4.69) is 5.32 Å². The molecule has 0 saturated carbocycles. The molecule has 0 aromatic rings. The van der Waals surface area contributed by atoms with Gasteiger partial charge in [0.15, 0.2) is 0 Å². The van der Waals surface area contributed by atoms with Gasteiger partial charge in [0.1, 0.15) is 5.78 Å². The smallest absolute Gasteiger partial charge is 0.219 e. The van der Waals surface area contributed by atoms with Crippen LogP contribution in [0.15, 0.2) is 0 Å². The minimum Gasteiger partial charge on any atom is -0.356 e. The first-order valence-corrected chi connectivity index (χ1v) is 7.57. The number of carbonyl (C=O) groups excluding carboxylic acids is 2. The molecule has 3 heteroatoms. The molecule has 1 aliphatic rings. The van der Waals surface area contributed by atoms with E-state index in [9.17, 15) is 9.59 Å². The molecule has 3 nitrogen and oxygen atoms in total. The Balaban J connectivity index is 2.22. The highest BCUT2D eigenvalue weighted by Gasteiger charge is 2.04. The molecule has 0 atom stereocenters. The van der Waals surface area contributed by atoms with Crippen LogP contribution in [0.4, 0.5) is 0 Å². The maximum atomic E-state index is 11.5. The van der Waals surface area contributed by atoms with Gasteiger partial charge in [-0.05, 0) is 19.3 Å². The lowest BCUT2D eigenvalue weighted by atomic mass is 10.0. The molecule has 1 N–H and O–H groups in total. The second kappa shape index (κ2) is 10.1. The van der Waals surface area contributed by atoms with Gasteiger partial charge in [-0.2, -0.15) is 0 Å². The molecule has 18 heavy (non-hydrogen) atoms. The number of nitrogens with one attached hydrogen (secondary N) is 1. The van der Waals surface area contributed by atoms with Gasteiger partial charge in [0.05, 0.1) is 0 Å². The topological polar surface area (TPSA) is 46.2 Å². The minimum absolute atomic E-state index is 0.148. The van der Waals surface area contributed by atoms with E-state index in [4.69, 9.17) is 0 Å². The Kier molecular flexibility index (Phi) is 8.53. The summed E-state index contributed by atoms with van der Waals surface area (Å²) in [5.41, 5.74) is 0. The molecular formula is C15H27NO2. The highest BCUT2D eigenvalue weighted by atomic mass is 16.1. The second-order valence-corrected chi connectivity index (χ2v) is 5.32. The van der Waals surface area contributed by atoms with Gasteiger partial charge in [-0.1, -0.05) is 38.5 Å². The average molecular weight is 253 g/mol. The van der Waals surface area contributed by atoms with Crippen molar-refractivity contribution >= 4 is 11.7 Å². The highest BCUT2D eigenvalue weighted by molar-refractivity contribution is 5.78. The zero-order valence-corrected chi connectivity index (χ0v) is 11.5. The fraction of sp³-hybridized carbons (Fsp3) is 0.867. The molecule has 1 amide bonds. The molecular weight excluding hydrogens is 226 g/mol. The van der Waals surface area contributed by atoms with Gasteiger partial charge in [0, 0.05) is 25.8 Å². The third-order valence-electron chi connectivity index (χ3n) is 3.56. The van der Waals surface area contributed by atoms with Crippen LogP contribution in [0, 0.1) is 0 Å². The van der Waals surface area contributed by atoms with Crippen LogP contribution >= 0.6 is 0 Å². The van der Waals surface area contributed by atoms with Crippen molar-refractivity contribution in [3.63, 3.8) is 0 Å². The van der Waals surface area contributed by atoms with Crippen LogP contribution in [0.1, 0.15) is 77.0 Å². The summed E-state index contributed by atoms with van der Waals surface area (Å²) in [7, 11) is 0. The number of rotatable bonds is 0. The number of amides is 1. The van der Waals surface area contributed by atoms with Crippen molar-refractivity contribution < 1.29 is 9.59 Å². The lowest BCUT2D eigenvalue weighted by Gasteiger charge is -2.07. The molecule has 0 unspecified atom stereocenters. The van der Waals surface area contributed by atoms with Gasteiger partial charge in [-0.25, -0.2) is 0 Å². The molecule has 1 rings (SSSR count). The maximum Gasteiger partial charge on any atom is 0.219 e. The first kappa shape index (κ1) is 15.2. The number of carbonyl (C=O) groups is 2. The van der Waals surface area contributed by atoms with Gasteiger partial charge in [-0.3, -0.25) is 9.59 Å². The summed E-state index contributed by atoms with van der Waals surface area (Å²) in [5.74, 6) is 0.505. The minimum atomic E-state index is 0.148. The predicted molar refractivity (Wildman–Crippen MR) is 73.4 cm³/mol. The molecule has 0 aromatic carbocycles. The molecule has 0 aromatic heterocycles. The van der Waals surface area contributed by atoms with Crippen LogP contribution in [-0.4, -0.2) is 18.2 Å². The largest absolute Gasteiger partial charge is 0.356 e. The number of hydrogen-bond acceptors (Lipinski definition) is 2. The lowest BCUT2D eigenvalue weighted by molar-refractivity contribution is -0.122. The molecule has 0 aliphatic carbocycles. The summed E-state index contributed by atoms with van der Waals surface area (Å²) >= 11 is 0. The Labute approximate surface area is 111 Å². The Bertz CT molecular complexity index is 225. The summed E-state index contributed by atoms with van der Waals surface area (Å²) < 4.78 is 0. The van der Waals surface area contributed by atoms with Crippen molar-refractivity contribution in [3.8, 4) is 0 Å². The standard InChI is InChI=1S/C15H27NO2/c17-14-10-7-5-3-1-2-4-6-8-12-15(18)16-13-9-11-14/h1-13H2,(H,16,18). The summed E-state index contributed by atoms with van der Waals surface area (Å²) in [4.78, 5) is 23.0. The predicted octanol–water partition coefficient (Wildman–Crippen LogP) is 3.37. The summed E-state index contributed by atoms with van der Waals surface area (Å²) in [6, 6.07) is 0. The van der Waals surface area contributed by atoms with Crippen molar-refractivity contribution in [1.82, 2.24) is 5.32 Å². The quantitative estimate of drug-likeness (QED) is 0.719. The van der Waals surface area contributed by atoms with Crippen LogP contribution < -0.4 is 5.32 Å². The van der Waals surface area contributed by atoms with Crippen molar-refractivity contribution in [2.24, 2.45) is 0 Å². The van der Waals surface area contributed by atoms with Crippen LogP contribution in [0.2, 0.25) is 0 Å². The molecule has 104 valence electrons. The van der Waals surface area contributed by atoms with Gasteiger partial charge >= 0.3 is 0 Å². The third-order valence-corrected chi connectivity index (χ3v) is 3.56. The molecule has 1 saturated heterocycles. The monoisotopic (exact) mass is 253 g/mol. The number of hydrogen-bond donors (Lipinski definition) is 1. The molecule has 1 heterocycles. The molecule has 1 aliphatic heterocycles. The second-order valence-electron chi connectivity index (χ2n) is 5.32. The first-order valence-electron chi connectivity index (χ1n) is 7.57. The van der Waals surface area contributed by atoms with Gasteiger partial charge in [0.25, 0.3) is 0 Å². The summed E-state index contributed by atoms with van der Waals surface area (Å²) in [5, 5.41) is 2.89. The van der Waals surface area contributed by atoms with Crippen molar-refractivity contribution in [2.75, 3.05) is 6.54 Å². The fourth-order valence-corrected chi connectivity index (χ4v) is 2.40. The van der Waals surface area contributed by atoms with Crippen LogP contribution in [0.25, 0.3) is 0 Å². The molecule has 0 radical (unpaired) electrons. The van der Waals surface area contributed by atoms with E-state index >= 15 is 0 Å². The lowest BCUT2D eigenvalue weighted by Crippen LogP contribution is -2.24. The van der Waals surface area contributed by atoms with E-state index in [0.717, 1.165) is 25.7 Å².